The molecule has 0 saturated heterocycles. The average molecular weight is 400 g/mol. The summed E-state index contributed by atoms with van der Waals surface area (Å²) >= 11 is 0. The Bertz CT molecular complexity index is 906. The molecule has 0 aliphatic rings. The van der Waals surface area contributed by atoms with Crippen LogP contribution in [0.2, 0.25) is 0 Å². The maximum Gasteiger partial charge on any atom is 0.387 e. The maximum absolute atomic E-state index is 14.7. The van der Waals surface area contributed by atoms with Crippen molar-refractivity contribution in [1.82, 2.24) is 0 Å². The first-order valence-electron chi connectivity index (χ1n) is 9.65. The number of alkyl halides is 2. The predicted octanol–water partition coefficient (Wildman–Crippen LogP) is 7.33. The minimum absolute atomic E-state index is 0.0674. The van der Waals surface area contributed by atoms with Gasteiger partial charge in [-0.3, -0.25) is 0 Å². The number of unbranched alkanes of at least 4 members (excludes halogenated alkanes) is 2. The molecule has 3 rings (SSSR count). The van der Waals surface area contributed by atoms with Gasteiger partial charge in [0.2, 0.25) is 0 Å². The highest BCUT2D eigenvalue weighted by molar-refractivity contribution is 5.71. The molecule has 0 amide bonds. The van der Waals surface area contributed by atoms with Crippen molar-refractivity contribution < 1.29 is 22.6 Å². The third-order valence-corrected chi connectivity index (χ3v) is 4.56. The lowest BCUT2D eigenvalue weighted by molar-refractivity contribution is -0.0498. The molecule has 0 aliphatic heterocycles. The molecule has 29 heavy (non-hydrogen) atoms. The van der Waals surface area contributed by atoms with E-state index in [9.17, 15) is 13.2 Å². The standard InChI is InChI=1S/C24H23F3O2/c1-2-3-4-15-28-20-10-7-18(8-11-20)22-14-9-19(16-23(22)25)17-5-12-21(13-6-17)29-24(26)27/h5-14,16,24H,2-4,15H2,1H3. The minimum Gasteiger partial charge on any atom is -0.494 e. The van der Waals surface area contributed by atoms with Gasteiger partial charge in [0.05, 0.1) is 6.61 Å². The molecule has 3 aromatic rings. The molecule has 0 fully saturated rings. The molecule has 0 spiro atoms. The first-order valence-corrected chi connectivity index (χ1v) is 9.65. The quantitative estimate of drug-likeness (QED) is 0.350. The lowest BCUT2D eigenvalue weighted by Crippen LogP contribution is -2.01. The third-order valence-electron chi connectivity index (χ3n) is 4.56. The van der Waals surface area contributed by atoms with Gasteiger partial charge in [-0.1, -0.05) is 56.2 Å². The van der Waals surface area contributed by atoms with Gasteiger partial charge in [-0.2, -0.15) is 8.78 Å². The van der Waals surface area contributed by atoms with Crippen molar-refractivity contribution >= 4 is 0 Å². The molecule has 0 saturated carbocycles. The highest BCUT2D eigenvalue weighted by atomic mass is 19.3. The van der Waals surface area contributed by atoms with Gasteiger partial charge in [-0.15, -0.1) is 0 Å². The zero-order valence-corrected chi connectivity index (χ0v) is 16.2. The van der Waals surface area contributed by atoms with Crippen molar-refractivity contribution in [3.05, 3.63) is 72.5 Å². The van der Waals surface area contributed by atoms with E-state index in [-0.39, 0.29) is 11.6 Å². The van der Waals surface area contributed by atoms with Crippen LogP contribution in [-0.2, 0) is 0 Å². The van der Waals surface area contributed by atoms with Crippen molar-refractivity contribution in [2.45, 2.75) is 32.8 Å². The molecule has 0 radical (unpaired) electrons. The molecule has 0 N–H and O–H groups in total. The van der Waals surface area contributed by atoms with Crippen LogP contribution in [0, 0.1) is 5.82 Å². The van der Waals surface area contributed by atoms with Crippen molar-refractivity contribution in [3.8, 4) is 33.8 Å². The average Bonchev–Trinajstić information content (AvgIpc) is 2.72. The van der Waals surface area contributed by atoms with Gasteiger partial charge < -0.3 is 9.47 Å². The van der Waals surface area contributed by atoms with Gasteiger partial charge in [-0.25, -0.2) is 4.39 Å². The van der Waals surface area contributed by atoms with Crippen LogP contribution in [0.3, 0.4) is 0 Å². The molecule has 0 aliphatic carbocycles. The summed E-state index contributed by atoms with van der Waals surface area (Å²) in [4.78, 5) is 0. The fourth-order valence-corrected chi connectivity index (χ4v) is 3.03. The maximum atomic E-state index is 14.7. The second kappa shape index (κ2) is 10.0. The van der Waals surface area contributed by atoms with Crippen LogP contribution in [0.5, 0.6) is 11.5 Å². The van der Waals surface area contributed by atoms with E-state index in [0.29, 0.717) is 23.3 Å². The molecule has 0 bridgehead atoms. The van der Waals surface area contributed by atoms with E-state index < -0.39 is 6.61 Å². The Balaban J connectivity index is 1.70. The summed E-state index contributed by atoms with van der Waals surface area (Å²) in [7, 11) is 0. The second-order valence-corrected chi connectivity index (χ2v) is 6.68. The van der Waals surface area contributed by atoms with Crippen LogP contribution >= 0.6 is 0 Å². The fourth-order valence-electron chi connectivity index (χ4n) is 3.03. The second-order valence-electron chi connectivity index (χ2n) is 6.68. The Hall–Kier alpha value is -2.95. The molecule has 0 atom stereocenters. The van der Waals surface area contributed by atoms with E-state index >= 15 is 0 Å². The minimum atomic E-state index is -2.87. The van der Waals surface area contributed by atoms with Crippen LogP contribution in [0.15, 0.2) is 66.7 Å². The van der Waals surface area contributed by atoms with Crippen LogP contribution < -0.4 is 9.47 Å². The smallest absolute Gasteiger partial charge is 0.387 e. The van der Waals surface area contributed by atoms with E-state index in [4.69, 9.17) is 4.74 Å². The Labute approximate surface area is 168 Å². The summed E-state index contributed by atoms with van der Waals surface area (Å²) in [6.45, 7) is -0.0474. The SMILES string of the molecule is CCCCCOc1ccc(-c2ccc(-c3ccc(OC(F)F)cc3)cc2F)cc1. The first kappa shape index (κ1) is 20.8. The molecule has 0 unspecified atom stereocenters. The van der Waals surface area contributed by atoms with Crippen LogP contribution in [-0.4, -0.2) is 13.2 Å². The number of halogens is 3. The number of ether oxygens (including phenoxy) is 2. The van der Waals surface area contributed by atoms with Gasteiger partial charge in [0.15, 0.2) is 0 Å². The number of rotatable bonds is 9. The zero-order valence-electron chi connectivity index (χ0n) is 16.2. The molecule has 152 valence electrons. The van der Waals surface area contributed by atoms with Crippen molar-refractivity contribution in [1.29, 1.82) is 0 Å². The summed E-state index contributed by atoms with van der Waals surface area (Å²) in [5, 5.41) is 0. The zero-order chi connectivity index (χ0) is 20.6. The Morgan fingerprint density at radius 1 is 0.759 bits per heavy atom. The molecule has 5 heteroatoms. The van der Waals surface area contributed by atoms with Gasteiger partial charge in [0, 0.05) is 5.56 Å². The lowest BCUT2D eigenvalue weighted by atomic mass is 9.99. The highest BCUT2D eigenvalue weighted by Crippen LogP contribution is 2.30. The monoisotopic (exact) mass is 400 g/mol. The summed E-state index contributed by atoms with van der Waals surface area (Å²) in [5.74, 6) is 0.484. The Kier molecular flexibility index (Phi) is 7.17. The summed E-state index contributed by atoms with van der Waals surface area (Å²) < 4.78 is 49.2. The van der Waals surface area contributed by atoms with Crippen molar-refractivity contribution in [3.63, 3.8) is 0 Å². The van der Waals surface area contributed by atoms with E-state index in [0.717, 1.165) is 30.6 Å². The highest BCUT2D eigenvalue weighted by Gasteiger charge is 2.09. The van der Waals surface area contributed by atoms with E-state index in [2.05, 4.69) is 11.7 Å². The van der Waals surface area contributed by atoms with E-state index in [1.807, 2.05) is 24.3 Å². The van der Waals surface area contributed by atoms with Gasteiger partial charge in [0.1, 0.15) is 17.3 Å². The third kappa shape index (κ3) is 5.76. The summed E-state index contributed by atoms with van der Waals surface area (Å²) in [6, 6.07) is 18.4. The van der Waals surface area contributed by atoms with E-state index in [1.165, 1.54) is 18.2 Å². The van der Waals surface area contributed by atoms with Crippen molar-refractivity contribution in [2.75, 3.05) is 6.61 Å². The van der Waals surface area contributed by atoms with Crippen LogP contribution in [0.1, 0.15) is 26.2 Å². The Morgan fingerprint density at radius 2 is 1.38 bits per heavy atom. The first-order chi connectivity index (χ1) is 14.1. The number of hydrogen-bond acceptors (Lipinski definition) is 2. The molecule has 3 aromatic carbocycles. The van der Waals surface area contributed by atoms with Crippen molar-refractivity contribution in [2.24, 2.45) is 0 Å². The van der Waals surface area contributed by atoms with Crippen LogP contribution in [0.25, 0.3) is 22.3 Å². The molecule has 0 heterocycles. The molecular formula is C24H23F3O2. The number of hydrogen-bond donors (Lipinski definition) is 0. The Morgan fingerprint density at radius 3 is 2.00 bits per heavy atom. The van der Waals surface area contributed by atoms with Gasteiger partial charge >= 0.3 is 6.61 Å². The summed E-state index contributed by atoms with van der Waals surface area (Å²) in [5.41, 5.74) is 2.62. The number of benzene rings is 3. The molecule has 0 aromatic heterocycles. The topological polar surface area (TPSA) is 18.5 Å². The molecular weight excluding hydrogens is 377 g/mol. The lowest BCUT2D eigenvalue weighted by Gasteiger charge is -2.10. The normalized spacial score (nSPS) is 10.9. The fraction of sp³-hybridized carbons (Fsp3) is 0.250. The van der Waals surface area contributed by atoms with Gasteiger partial charge in [0.25, 0.3) is 0 Å². The summed E-state index contributed by atoms with van der Waals surface area (Å²) in [6.07, 6.45) is 3.30. The molecule has 2 nitrogen and oxygen atoms in total. The predicted molar refractivity (Wildman–Crippen MR) is 109 cm³/mol. The van der Waals surface area contributed by atoms with E-state index in [1.54, 1.807) is 24.3 Å². The largest absolute Gasteiger partial charge is 0.494 e. The van der Waals surface area contributed by atoms with Gasteiger partial charge in [-0.05, 0) is 53.4 Å². The van der Waals surface area contributed by atoms with Crippen LogP contribution in [0.4, 0.5) is 13.2 Å².